The van der Waals surface area contributed by atoms with Gasteiger partial charge in [-0.05, 0) is 34.9 Å². The van der Waals surface area contributed by atoms with Crippen LogP contribution in [0.1, 0.15) is 22.8 Å². The van der Waals surface area contributed by atoms with Gasteiger partial charge < -0.3 is 15.8 Å². The molecule has 1 atom stereocenters. The number of aromatic nitrogens is 1. The second-order valence-corrected chi connectivity index (χ2v) is 6.42. The summed E-state index contributed by atoms with van der Waals surface area (Å²) in [5.74, 6) is -0.989. The van der Waals surface area contributed by atoms with E-state index in [0.29, 0.717) is 11.1 Å². The van der Waals surface area contributed by atoms with Gasteiger partial charge >= 0.3 is 0 Å². The van der Waals surface area contributed by atoms with Gasteiger partial charge in [0.15, 0.2) is 6.10 Å². The van der Waals surface area contributed by atoms with E-state index in [9.17, 15) is 9.18 Å². The minimum atomic E-state index is -1.07. The van der Waals surface area contributed by atoms with E-state index >= 15 is 0 Å². The number of benzene rings is 2. The van der Waals surface area contributed by atoms with Crippen molar-refractivity contribution in [3.05, 3.63) is 89.5 Å². The van der Waals surface area contributed by atoms with Crippen molar-refractivity contribution in [2.24, 2.45) is 5.73 Å². The van der Waals surface area contributed by atoms with Crippen molar-refractivity contribution in [3.63, 3.8) is 0 Å². The molecule has 0 fully saturated rings. The minimum Gasteiger partial charge on any atom is -0.384 e. The van der Waals surface area contributed by atoms with Gasteiger partial charge in [0.2, 0.25) is 0 Å². The Morgan fingerprint density at radius 2 is 1.83 bits per heavy atom. The van der Waals surface area contributed by atoms with Gasteiger partial charge in [0.25, 0.3) is 5.91 Å². The zero-order chi connectivity index (χ0) is 20.8. The van der Waals surface area contributed by atoms with Crippen molar-refractivity contribution in [2.45, 2.75) is 12.6 Å². The van der Waals surface area contributed by atoms with Crippen LogP contribution >= 0.6 is 0 Å². The highest BCUT2D eigenvalue weighted by Crippen LogP contribution is 2.26. The van der Waals surface area contributed by atoms with Crippen molar-refractivity contribution in [1.29, 1.82) is 5.41 Å². The number of nitrogen functional groups attached to an aromatic ring is 1. The number of amidine groups is 1. The highest BCUT2D eigenvalue weighted by atomic mass is 19.1. The van der Waals surface area contributed by atoms with E-state index < -0.39 is 17.8 Å². The van der Waals surface area contributed by atoms with E-state index in [0.717, 1.165) is 11.1 Å². The zero-order valence-electron chi connectivity index (χ0n) is 15.9. The van der Waals surface area contributed by atoms with Gasteiger partial charge in [0.1, 0.15) is 11.7 Å². The summed E-state index contributed by atoms with van der Waals surface area (Å²) in [6.45, 7) is 0.244. The summed E-state index contributed by atoms with van der Waals surface area (Å²) in [7, 11) is 1.36. The van der Waals surface area contributed by atoms with Gasteiger partial charge in [-0.3, -0.25) is 15.2 Å². The molecule has 1 heterocycles. The molecule has 0 bridgehead atoms. The zero-order valence-corrected chi connectivity index (χ0v) is 15.9. The molecule has 3 rings (SSSR count). The van der Waals surface area contributed by atoms with Crippen molar-refractivity contribution in [1.82, 2.24) is 10.3 Å². The molecular formula is C22H21FN4O2. The lowest BCUT2D eigenvalue weighted by Gasteiger charge is -2.17. The van der Waals surface area contributed by atoms with E-state index in [-0.39, 0.29) is 17.9 Å². The van der Waals surface area contributed by atoms with Gasteiger partial charge in [0.05, 0.1) is 0 Å². The van der Waals surface area contributed by atoms with Crippen LogP contribution < -0.4 is 11.1 Å². The fourth-order valence-corrected chi connectivity index (χ4v) is 2.92. The molecule has 29 heavy (non-hydrogen) atoms. The first-order valence-electron chi connectivity index (χ1n) is 8.93. The normalized spacial score (nSPS) is 11.7. The number of ether oxygens (including phenoxy) is 1. The molecule has 4 N–H and O–H groups in total. The van der Waals surface area contributed by atoms with Crippen LogP contribution in [0.3, 0.4) is 0 Å². The Morgan fingerprint density at radius 3 is 2.41 bits per heavy atom. The fourth-order valence-electron chi connectivity index (χ4n) is 2.92. The molecule has 2 aromatic carbocycles. The van der Waals surface area contributed by atoms with Gasteiger partial charge in [-0.15, -0.1) is 0 Å². The standard InChI is InChI=1S/C22H21FN4O2/c1-29-20(22(28)27-13-14-2-4-16(5-3-14)21(24)25)18-7-6-17(12-19(18)23)15-8-10-26-11-9-15/h2-12,20H,13H2,1H3,(H3,24,25)(H,27,28)/t20-/m0/s1. The maximum atomic E-state index is 14.7. The highest BCUT2D eigenvalue weighted by molar-refractivity contribution is 5.94. The predicted molar refractivity (Wildman–Crippen MR) is 109 cm³/mol. The summed E-state index contributed by atoms with van der Waals surface area (Å²) in [5, 5.41) is 10.1. The number of carbonyl (C=O) groups is 1. The first kappa shape index (κ1) is 20.2. The number of rotatable bonds is 7. The Kier molecular flexibility index (Phi) is 6.31. The maximum Gasteiger partial charge on any atom is 0.254 e. The number of halogens is 1. The monoisotopic (exact) mass is 392 g/mol. The topological polar surface area (TPSA) is 101 Å². The van der Waals surface area contributed by atoms with Crippen molar-refractivity contribution in [2.75, 3.05) is 7.11 Å². The number of nitrogens with one attached hydrogen (secondary N) is 2. The second kappa shape index (κ2) is 9.07. The molecule has 0 aliphatic carbocycles. The van der Waals surface area contributed by atoms with Crippen LogP contribution in [0, 0.1) is 11.2 Å². The van der Waals surface area contributed by atoms with Gasteiger partial charge in [-0.2, -0.15) is 0 Å². The summed E-state index contributed by atoms with van der Waals surface area (Å²) in [6, 6.07) is 15.2. The van der Waals surface area contributed by atoms with Gasteiger partial charge in [-0.25, -0.2) is 4.39 Å². The van der Waals surface area contributed by atoms with E-state index in [1.165, 1.54) is 13.2 Å². The Hall–Kier alpha value is -3.58. The van der Waals surface area contributed by atoms with Crippen LogP contribution in [-0.4, -0.2) is 23.8 Å². The average Bonchev–Trinajstić information content (AvgIpc) is 2.74. The van der Waals surface area contributed by atoms with Crippen molar-refractivity contribution < 1.29 is 13.9 Å². The number of hydrogen-bond acceptors (Lipinski definition) is 4. The number of amides is 1. The molecule has 7 heteroatoms. The van der Waals surface area contributed by atoms with Crippen LogP contribution in [0.15, 0.2) is 67.0 Å². The molecule has 6 nitrogen and oxygen atoms in total. The number of hydrogen-bond donors (Lipinski definition) is 3. The lowest BCUT2D eigenvalue weighted by Crippen LogP contribution is -2.30. The molecule has 3 aromatic rings. The Balaban J connectivity index is 1.71. The summed E-state index contributed by atoms with van der Waals surface area (Å²) < 4.78 is 20.0. The summed E-state index contributed by atoms with van der Waals surface area (Å²) >= 11 is 0. The predicted octanol–water partition coefficient (Wildman–Crippen LogP) is 3.18. The van der Waals surface area contributed by atoms with Gasteiger partial charge in [-0.1, -0.05) is 36.4 Å². The number of pyridine rings is 1. The first-order valence-corrected chi connectivity index (χ1v) is 8.93. The Labute approximate surface area is 168 Å². The SMILES string of the molecule is CO[C@H](C(=O)NCc1ccc(C(=N)N)cc1)c1ccc(-c2ccncc2)cc1F. The third-order valence-corrected chi connectivity index (χ3v) is 4.50. The smallest absolute Gasteiger partial charge is 0.254 e. The lowest BCUT2D eigenvalue weighted by molar-refractivity contribution is -0.131. The molecule has 0 radical (unpaired) electrons. The van der Waals surface area contributed by atoms with Crippen LogP contribution in [0.5, 0.6) is 0 Å². The number of nitrogens with two attached hydrogens (primary N) is 1. The van der Waals surface area contributed by atoms with Crippen molar-refractivity contribution in [3.8, 4) is 11.1 Å². The number of methoxy groups -OCH3 is 1. The molecule has 0 saturated carbocycles. The molecule has 0 saturated heterocycles. The van der Waals surface area contributed by atoms with Crippen molar-refractivity contribution >= 4 is 11.7 Å². The minimum absolute atomic E-state index is 0.0225. The Morgan fingerprint density at radius 1 is 1.14 bits per heavy atom. The number of nitrogens with zero attached hydrogens (tertiary/aromatic N) is 1. The molecule has 0 spiro atoms. The summed E-state index contributed by atoms with van der Waals surface area (Å²) in [4.78, 5) is 16.5. The Bertz CT molecular complexity index is 1010. The fraction of sp³-hybridized carbons (Fsp3) is 0.136. The van der Waals surface area contributed by atoms with E-state index in [4.69, 9.17) is 15.9 Å². The molecule has 1 aromatic heterocycles. The largest absolute Gasteiger partial charge is 0.384 e. The molecule has 0 unspecified atom stereocenters. The van der Waals surface area contributed by atoms with E-state index in [1.807, 2.05) is 0 Å². The lowest BCUT2D eigenvalue weighted by atomic mass is 10.0. The summed E-state index contributed by atoms with van der Waals surface area (Å²) in [6.07, 6.45) is 2.20. The number of carbonyl (C=O) groups excluding carboxylic acids is 1. The molecule has 1 amide bonds. The molecule has 0 aliphatic rings. The van der Waals surface area contributed by atoms with Gasteiger partial charge in [0, 0.05) is 37.2 Å². The highest BCUT2D eigenvalue weighted by Gasteiger charge is 2.23. The van der Waals surface area contributed by atoms with Crippen LogP contribution in [0.4, 0.5) is 4.39 Å². The quantitative estimate of drug-likeness (QED) is 0.425. The maximum absolute atomic E-state index is 14.7. The average molecular weight is 392 g/mol. The molecular weight excluding hydrogens is 371 g/mol. The third kappa shape index (κ3) is 4.83. The summed E-state index contributed by atoms with van der Waals surface area (Å²) in [5.41, 5.74) is 8.54. The van der Waals surface area contributed by atoms with Crippen LogP contribution in [0.25, 0.3) is 11.1 Å². The third-order valence-electron chi connectivity index (χ3n) is 4.50. The molecule has 148 valence electrons. The second-order valence-electron chi connectivity index (χ2n) is 6.42. The van der Waals surface area contributed by atoms with Crippen LogP contribution in [0.2, 0.25) is 0 Å². The van der Waals surface area contributed by atoms with E-state index in [2.05, 4.69) is 10.3 Å². The van der Waals surface area contributed by atoms with E-state index in [1.54, 1.807) is 60.9 Å². The molecule has 0 aliphatic heterocycles. The van der Waals surface area contributed by atoms with Crippen LogP contribution in [-0.2, 0) is 16.1 Å². The first-order chi connectivity index (χ1) is 14.0.